The van der Waals surface area contributed by atoms with Gasteiger partial charge in [-0.15, -0.1) is 0 Å². The lowest BCUT2D eigenvalue weighted by molar-refractivity contribution is 0.601. The van der Waals surface area contributed by atoms with Crippen LogP contribution in [0.1, 0.15) is 19.0 Å². The molecule has 6 heteroatoms. The molecule has 2 N–H and O–H groups in total. The van der Waals surface area contributed by atoms with Crippen molar-refractivity contribution in [3.8, 4) is 0 Å². The summed E-state index contributed by atoms with van der Waals surface area (Å²) in [6.07, 6.45) is 6.48. The summed E-state index contributed by atoms with van der Waals surface area (Å²) in [6, 6.07) is 0. The smallest absolute Gasteiger partial charge is 0.136 e. The third-order valence-electron chi connectivity index (χ3n) is 2.41. The number of nitrogens with two attached hydrogens (primary N) is 1. The first-order chi connectivity index (χ1) is 7.72. The Morgan fingerprint density at radius 2 is 2.25 bits per heavy atom. The fraction of sp³-hybridized carbons (Fsp3) is 0.400. The highest BCUT2D eigenvalue weighted by Gasteiger charge is 2.07. The van der Waals surface area contributed by atoms with E-state index in [1.165, 1.54) is 0 Å². The van der Waals surface area contributed by atoms with Crippen LogP contribution >= 0.6 is 15.9 Å². The van der Waals surface area contributed by atoms with E-state index in [4.69, 9.17) is 5.73 Å². The molecule has 16 heavy (non-hydrogen) atoms. The minimum absolute atomic E-state index is 0.643. The molecule has 5 nitrogen and oxygen atoms in total. The second kappa shape index (κ2) is 4.69. The van der Waals surface area contributed by atoms with Crippen molar-refractivity contribution in [2.24, 2.45) is 0 Å². The van der Waals surface area contributed by atoms with E-state index < -0.39 is 0 Å². The second-order valence-electron chi connectivity index (χ2n) is 3.61. The lowest BCUT2D eigenvalue weighted by Crippen LogP contribution is -2.10. The van der Waals surface area contributed by atoms with Gasteiger partial charge in [-0.2, -0.15) is 5.10 Å². The maximum absolute atomic E-state index is 5.87. The van der Waals surface area contributed by atoms with Gasteiger partial charge in [0, 0.05) is 6.54 Å². The molecule has 0 aliphatic rings. The standard InChI is InChI=1S/C10H14BrN5/c1-2-3-15-7-13-4-8(15)6-16-10(12)9(11)5-14-16/h4-5,7H,2-3,6,12H2,1H3. The Labute approximate surface area is 102 Å². The number of nitrogen functional groups attached to an aromatic ring is 1. The van der Waals surface area contributed by atoms with E-state index in [2.05, 4.69) is 37.5 Å². The van der Waals surface area contributed by atoms with Crippen LogP contribution in [0.2, 0.25) is 0 Å². The van der Waals surface area contributed by atoms with Crippen LogP contribution in [0.25, 0.3) is 0 Å². The minimum Gasteiger partial charge on any atom is -0.383 e. The number of hydrogen-bond donors (Lipinski definition) is 1. The first-order valence-electron chi connectivity index (χ1n) is 5.18. The molecule has 0 saturated heterocycles. The molecule has 0 unspecified atom stereocenters. The molecule has 0 atom stereocenters. The van der Waals surface area contributed by atoms with E-state index >= 15 is 0 Å². The molecule has 0 aromatic carbocycles. The van der Waals surface area contributed by atoms with E-state index in [0.717, 1.165) is 23.1 Å². The van der Waals surface area contributed by atoms with Crippen LogP contribution in [0.15, 0.2) is 23.2 Å². The maximum Gasteiger partial charge on any atom is 0.136 e. The highest BCUT2D eigenvalue weighted by molar-refractivity contribution is 9.10. The molecular weight excluding hydrogens is 270 g/mol. The fourth-order valence-corrected chi connectivity index (χ4v) is 1.87. The average molecular weight is 284 g/mol. The fourth-order valence-electron chi connectivity index (χ4n) is 1.57. The number of halogens is 1. The predicted octanol–water partition coefficient (Wildman–Crippen LogP) is 1.88. The number of aryl methyl sites for hydroxylation is 1. The first-order valence-corrected chi connectivity index (χ1v) is 5.97. The van der Waals surface area contributed by atoms with Gasteiger partial charge in [0.2, 0.25) is 0 Å². The van der Waals surface area contributed by atoms with E-state index in [1.54, 1.807) is 10.9 Å². The number of anilines is 1. The molecule has 0 bridgehead atoms. The molecule has 86 valence electrons. The Balaban J connectivity index is 2.20. The molecule has 0 aliphatic carbocycles. The molecule has 0 fully saturated rings. The normalized spacial score (nSPS) is 10.9. The number of rotatable bonds is 4. The third kappa shape index (κ3) is 2.11. The summed E-state index contributed by atoms with van der Waals surface area (Å²) < 4.78 is 4.71. The van der Waals surface area contributed by atoms with Crippen LogP contribution in [-0.4, -0.2) is 19.3 Å². The van der Waals surface area contributed by atoms with Gasteiger partial charge >= 0.3 is 0 Å². The summed E-state index contributed by atoms with van der Waals surface area (Å²) in [7, 11) is 0. The largest absolute Gasteiger partial charge is 0.383 e. The number of aromatic nitrogens is 4. The topological polar surface area (TPSA) is 61.7 Å². The number of nitrogens with zero attached hydrogens (tertiary/aromatic N) is 4. The van der Waals surface area contributed by atoms with Crippen molar-refractivity contribution in [2.45, 2.75) is 26.4 Å². The van der Waals surface area contributed by atoms with Crippen LogP contribution in [0.5, 0.6) is 0 Å². The molecule has 2 rings (SSSR count). The van der Waals surface area contributed by atoms with Crippen molar-refractivity contribution in [3.63, 3.8) is 0 Å². The number of hydrogen-bond acceptors (Lipinski definition) is 3. The van der Waals surface area contributed by atoms with E-state index in [-0.39, 0.29) is 0 Å². The summed E-state index contributed by atoms with van der Waals surface area (Å²) in [4.78, 5) is 4.14. The van der Waals surface area contributed by atoms with Crippen LogP contribution in [0, 0.1) is 0 Å². The van der Waals surface area contributed by atoms with Gasteiger partial charge in [-0.1, -0.05) is 6.92 Å². The molecule has 0 saturated carbocycles. The van der Waals surface area contributed by atoms with Gasteiger partial charge in [0.05, 0.1) is 35.4 Å². The molecule has 0 radical (unpaired) electrons. The summed E-state index contributed by atoms with van der Waals surface area (Å²) >= 11 is 3.34. The van der Waals surface area contributed by atoms with Crippen molar-refractivity contribution in [3.05, 3.63) is 28.9 Å². The van der Waals surface area contributed by atoms with Gasteiger partial charge in [-0.05, 0) is 22.4 Å². The number of imidazole rings is 1. The van der Waals surface area contributed by atoms with Gasteiger partial charge in [-0.3, -0.25) is 0 Å². The zero-order chi connectivity index (χ0) is 11.5. The van der Waals surface area contributed by atoms with E-state index in [9.17, 15) is 0 Å². The zero-order valence-corrected chi connectivity index (χ0v) is 10.7. The maximum atomic E-state index is 5.87. The summed E-state index contributed by atoms with van der Waals surface area (Å²) in [6.45, 7) is 3.76. The monoisotopic (exact) mass is 283 g/mol. The predicted molar refractivity (Wildman–Crippen MR) is 66.0 cm³/mol. The van der Waals surface area contributed by atoms with Gasteiger partial charge in [0.25, 0.3) is 0 Å². The Morgan fingerprint density at radius 3 is 2.88 bits per heavy atom. The SMILES string of the molecule is CCCn1cncc1Cn1ncc(Br)c1N. The van der Waals surface area contributed by atoms with Crippen molar-refractivity contribution in [1.82, 2.24) is 19.3 Å². The molecule has 2 heterocycles. The minimum atomic E-state index is 0.643. The van der Waals surface area contributed by atoms with E-state index in [0.29, 0.717) is 12.4 Å². The van der Waals surface area contributed by atoms with Crippen molar-refractivity contribution in [2.75, 3.05) is 5.73 Å². The van der Waals surface area contributed by atoms with Crippen molar-refractivity contribution < 1.29 is 0 Å². The molecule has 2 aromatic rings. The lowest BCUT2D eigenvalue weighted by atomic mass is 10.4. The molecule has 2 aromatic heterocycles. The van der Waals surface area contributed by atoms with Gasteiger partial charge in [-0.25, -0.2) is 9.67 Å². The van der Waals surface area contributed by atoms with Gasteiger partial charge < -0.3 is 10.3 Å². The highest BCUT2D eigenvalue weighted by atomic mass is 79.9. The van der Waals surface area contributed by atoms with Crippen LogP contribution < -0.4 is 5.73 Å². The van der Waals surface area contributed by atoms with Crippen LogP contribution in [0.4, 0.5) is 5.82 Å². The quantitative estimate of drug-likeness (QED) is 0.932. The Bertz CT molecular complexity index is 473. The second-order valence-corrected chi connectivity index (χ2v) is 4.47. The summed E-state index contributed by atoms with van der Waals surface area (Å²) in [5, 5.41) is 4.20. The Morgan fingerprint density at radius 1 is 1.44 bits per heavy atom. The molecule has 0 aliphatic heterocycles. The molecule has 0 spiro atoms. The highest BCUT2D eigenvalue weighted by Crippen LogP contribution is 2.18. The molecular formula is C10H14BrN5. The first kappa shape index (κ1) is 11.2. The van der Waals surface area contributed by atoms with E-state index in [1.807, 2.05) is 12.5 Å². The average Bonchev–Trinajstić information content (AvgIpc) is 2.82. The Kier molecular flexibility index (Phi) is 3.28. The summed E-state index contributed by atoms with van der Waals surface area (Å²) in [5.74, 6) is 0.643. The van der Waals surface area contributed by atoms with Crippen LogP contribution in [0.3, 0.4) is 0 Å². The van der Waals surface area contributed by atoms with Crippen molar-refractivity contribution >= 4 is 21.7 Å². The zero-order valence-electron chi connectivity index (χ0n) is 9.10. The van der Waals surface area contributed by atoms with Crippen molar-refractivity contribution in [1.29, 1.82) is 0 Å². The molecule has 0 amide bonds. The lowest BCUT2D eigenvalue weighted by Gasteiger charge is -2.07. The Hall–Kier alpha value is -1.30. The van der Waals surface area contributed by atoms with Gasteiger partial charge in [0.1, 0.15) is 5.82 Å². The summed E-state index contributed by atoms with van der Waals surface area (Å²) in [5.41, 5.74) is 6.98. The third-order valence-corrected chi connectivity index (χ3v) is 3.02. The van der Waals surface area contributed by atoms with Gasteiger partial charge in [0.15, 0.2) is 0 Å². The van der Waals surface area contributed by atoms with Crippen LogP contribution in [-0.2, 0) is 13.1 Å².